The van der Waals surface area contributed by atoms with Gasteiger partial charge in [0.1, 0.15) is 6.61 Å². The highest BCUT2D eigenvalue weighted by atomic mass is 16.5. The van der Waals surface area contributed by atoms with Gasteiger partial charge in [-0.2, -0.15) is 0 Å². The van der Waals surface area contributed by atoms with Crippen molar-refractivity contribution < 1.29 is 14.6 Å². The Kier molecular flexibility index (Phi) is 6.52. The number of carbonyl (C=O) groups is 1. The van der Waals surface area contributed by atoms with Gasteiger partial charge in [0, 0.05) is 19.7 Å². The molecular formula is C11H23NO3. The van der Waals surface area contributed by atoms with Gasteiger partial charge >= 0.3 is 0 Å². The standard InChI is InChI=1S/C11H23NO3/c1-5-12(7-6-8-13)10(14)9-15-11(2,3)4/h13H,5-9H2,1-4H3. The van der Waals surface area contributed by atoms with Crippen LogP contribution in [0.2, 0.25) is 0 Å². The van der Waals surface area contributed by atoms with Crippen LogP contribution in [0.15, 0.2) is 0 Å². The van der Waals surface area contributed by atoms with Crippen molar-refractivity contribution in [3.8, 4) is 0 Å². The molecule has 0 aromatic rings. The van der Waals surface area contributed by atoms with Crippen molar-refractivity contribution in [1.29, 1.82) is 0 Å². The Balaban J connectivity index is 3.94. The lowest BCUT2D eigenvalue weighted by molar-refractivity contribution is -0.141. The Morgan fingerprint density at radius 2 is 2.00 bits per heavy atom. The van der Waals surface area contributed by atoms with E-state index in [0.717, 1.165) is 0 Å². The molecule has 0 heterocycles. The molecule has 0 rings (SSSR count). The minimum atomic E-state index is -0.286. The SMILES string of the molecule is CCN(CCCO)C(=O)COC(C)(C)C. The van der Waals surface area contributed by atoms with E-state index in [4.69, 9.17) is 9.84 Å². The maximum atomic E-state index is 11.6. The summed E-state index contributed by atoms with van der Waals surface area (Å²) >= 11 is 0. The summed E-state index contributed by atoms with van der Waals surface area (Å²) in [6.07, 6.45) is 0.620. The normalized spacial score (nSPS) is 11.5. The van der Waals surface area contributed by atoms with Crippen LogP contribution in [0, 0.1) is 0 Å². The molecule has 0 aromatic heterocycles. The molecule has 0 aromatic carbocycles. The number of aliphatic hydroxyl groups excluding tert-OH is 1. The van der Waals surface area contributed by atoms with Crippen LogP contribution in [0.4, 0.5) is 0 Å². The maximum Gasteiger partial charge on any atom is 0.248 e. The Hall–Kier alpha value is -0.610. The number of nitrogens with zero attached hydrogens (tertiary/aromatic N) is 1. The predicted octanol–water partition coefficient (Wildman–Crippen LogP) is 1.03. The summed E-state index contributed by atoms with van der Waals surface area (Å²) in [7, 11) is 0. The molecule has 0 spiro atoms. The second kappa shape index (κ2) is 6.80. The van der Waals surface area contributed by atoms with Crippen LogP contribution in [-0.4, -0.2) is 47.8 Å². The van der Waals surface area contributed by atoms with Crippen molar-refractivity contribution in [3.05, 3.63) is 0 Å². The van der Waals surface area contributed by atoms with E-state index in [1.54, 1.807) is 4.90 Å². The van der Waals surface area contributed by atoms with Gasteiger partial charge in [-0.15, -0.1) is 0 Å². The summed E-state index contributed by atoms with van der Waals surface area (Å²) in [6.45, 7) is 9.17. The Bertz CT molecular complexity index is 187. The highest BCUT2D eigenvalue weighted by Gasteiger charge is 2.16. The second-order valence-corrected chi connectivity index (χ2v) is 4.45. The van der Waals surface area contributed by atoms with Crippen LogP contribution in [0.5, 0.6) is 0 Å². The number of aliphatic hydroxyl groups is 1. The number of rotatable bonds is 6. The van der Waals surface area contributed by atoms with Crippen molar-refractivity contribution >= 4 is 5.91 Å². The van der Waals surface area contributed by atoms with Gasteiger partial charge in [0.15, 0.2) is 0 Å². The predicted molar refractivity (Wildman–Crippen MR) is 59.7 cm³/mol. The van der Waals surface area contributed by atoms with Crippen molar-refractivity contribution in [2.24, 2.45) is 0 Å². The molecular weight excluding hydrogens is 194 g/mol. The van der Waals surface area contributed by atoms with Crippen molar-refractivity contribution in [2.75, 3.05) is 26.3 Å². The zero-order chi connectivity index (χ0) is 11.9. The molecule has 90 valence electrons. The molecule has 0 bridgehead atoms. The number of hydrogen-bond acceptors (Lipinski definition) is 3. The molecule has 0 aliphatic rings. The highest BCUT2D eigenvalue weighted by molar-refractivity contribution is 5.77. The van der Waals surface area contributed by atoms with E-state index in [1.165, 1.54) is 0 Å². The maximum absolute atomic E-state index is 11.6. The van der Waals surface area contributed by atoms with Gasteiger partial charge in [0.05, 0.1) is 5.60 Å². The van der Waals surface area contributed by atoms with Gasteiger partial charge in [-0.1, -0.05) is 0 Å². The average molecular weight is 217 g/mol. The van der Waals surface area contributed by atoms with Gasteiger partial charge < -0.3 is 14.7 Å². The summed E-state index contributed by atoms with van der Waals surface area (Å²) in [5.74, 6) is -0.0131. The molecule has 0 aliphatic carbocycles. The summed E-state index contributed by atoms with van der Waals surface area (Å²) in [5, 5.41) is 8.68. The molecule has 4 heteroatoms. The smallest absolute Gasteiger partial charge is 0.248 e. The van der Waals surface area contributed by atoms with Gasteiger partial charge in [0.25, 0.3) is 0 Å². The Morgan fingerprint density at radius 3 is 2.40 bits per heavy atom. The number of ether oxygens (including phenoxy) is 1. The average Bonchev–Trinajstić information content (AvgIpc) is 2.15. The molecule has 1 N–H and O–H groups in total. The van der Waals surface area contributed by atoms with Crippen molar-refractivity contribution in [1.82, 2.24) is 4.90 Å². The van der Waals surface area contributed by atoms with E-state index < -0.39 is 0 Å². The minimum Gasteiger partial charge on any atom is -0.396 e. The fourth-order valence-electron chi connectivity index (χ4n) is 1.09. The molecule has 4 nitrogen and oxygen atoms in total. The van der Waals surface area contributed by atoms with E-state index in [-0.39, 0.29) is 24.7 Å². The van der Waals surface area contributed by atoms with E-state index in [2.05, 4.69) is 0 Å². The summed E-state index contributed by atoms with van der Waals surface area (Å²) in [5.41, 5.74) is -0.286. The quantitative estimate of drug-likeness (QED) is 0.723. The summed E-state index contributed by atoms with van der Waals surface area (Å²) in [4.78, 5) is 13.3. The van der Waals surface area contributed by atoms with E-state index in [1.807, 2.05) is 27.7 Å². The van der Waals surface area contributed by atoms with Crippen LogP contribution < -0.4 is 0 Å². The lowest BCUT2D eigenvalue weighted by Gasteiger charge is -2.24. The first-order chi connectivity index (χ1) is 6.90. The molecule has 0 saturated heterocycles. The largest absolute Gasteiger partial charge is 0.396 e. The van der Waals surface area contributed by atoms with Crippen molar-refractivity contribution in [3.63, 3.8) is 0 Å². The van der Waals surface area contributed by atoms with E-state index in [9.17, 15) is 4.79 Å². The third-order valence-electron chi connectivity index (χ3n) is 1.95. The fraction of sp³-hybridized carbons (Fsp3) is 0.909. The first kappa shape index (κ1) is 14.4. The topological polar surface area (TPSA) is 49.8 Å². The molecule has 1 amide bonds. The fourth-order valence-corrected chi connectivity index (χ4v) is 1.09. The Labute approximate surface area is 92.2 Å². The van der Waals surface area contributed by atoms with Gasteiger partial charge in [-0.3, -0.25) is 4.79 Å². The second-order valence-electron chi connectivity index (χ2n) is 4.45. The van der Waals surface area contributed by atoms with Gasteiger partial charge in [-0.05, 0) is 34.1 Å². The van der Waals surface area contributed by atoms with Crippen LogP contribution in [0.3, 0.4) is 0 Å². The third-order valence-corrected chi connectivity index (χ3v) is 1.95. The number of hydrogen-bond donors (Lipinski definition) is 1. The third kappa shape index (κ3) is 7.33. The van der Waals surface area contributed by atoms with Crippen LogP contribution in [0.1, 0.15) is 34.1 Å². The first-order valence-electron chi connectivity index (χ1n) is 5.43. The lowest BCUT2D eigenvalue weighted by Crippen LogP contribution is -2.37. The highest BCUT2D eigenvalue weighted by Crippen LogP contribution is 2.06. The molecule has 0 atom stereocenters. The zero-order valence-corrected chi connectivity index (χ0v) is 10.2. The molecule has 0 radical (unpaired) electrons. The molecule has 0 aliphatic heterocycles. The molecule has 0 fully saturated rings. The minimum absolute atomic E-state index is 0.0131. The van der Waals surface area contributed by atoms with Gasteiger partial charge in [0.2, 0.25) is 5.91 Å². The van der Waals surface area contributed by atoms with Crippen LogP contribution in [-0.2, 0) is 9.53 Å². The molecule has 15 heavy (non-hydrogen) atoms. The lowest BCUT2D eigenvalue weighted by atomic mass is 10.2. The zero-order valence-electron chi connectivity index (χ0n) is 10.2. The number of likely N-dealkylation sites (N-methyl/N-ethyl adjacent to an activating group) is 1. The van der Waals surface area contributed by atoms with E-state index >= 15 is 0 Å². The summed E-state index contributed by atoms with van der Waals surface area (Å²) in [6, 6.07) is 0. The van der Waals surface area contributed by atoms with Crippen LogP contribution >= 0.6 is 0 Å². The number of amides is 1. The molecule has 0 saturated carbocycles. The molecule has 0 unspecified atom stereocenters. The Morgan fingerprint density at radius 1 is 1.40 bits per heavy atom. The summed E-state index contributed by atoms with van der Waals surface area (Å²) < 4.78 is 5.40. The first-order valence-corrected chi connectivity index (χ1v) is 5.43. The van der Waals surface area contributed by atoms with Gasteiger partial charge in [-0.25, -0.2) is 0 Å². The van der Waals surface area contributed by atoms with Crippen LogP contribution in [0.25, 0.3) is 0 Å². The van der Waals surface area contributed by atoms with Crippen molar-refractivity contribution in [2.45, 2.75) is 39.7 Å². The number of carbonyl (C=O) groups excluding carboxylic acids is 1. The van der Waals surface area contributed by atoms with E-state index in [0.29, 0.717) is 19.5 Å². The monoisotopic (exact) mass is 217 g/mol.